The van der Waals surface area contributed by atoms with Crippen molar-refractivity contribution in [3.8, 4) is 0 Å². The molecule has 2 aliphatic heterocycles. The molecule has 35 heavy (non-hydrogen) atoms. The van der Waals surface area contributed by atoms with Crippen molar-refractivity contribution in [3.63, 3.8) is 0 Å². The van der Waals surface area contributed by atoms with E-state index in [-0.39, 0.29) is 5.91 Å². The van der Waals surface area contributed by atoms with Crippen molar-refractivity contribution >= 4 is 55.4 Å². The van der Waals surface area contributed by atoms with Crippen molar-refractivity contribution in [2.24, 2.45) is 10.7 Å². The van der Waals surface area contributed by atoms with Crippen LogP contribution in [0, 0.1) is 0 Å². The summed E-state index contributed by atoms with van der Waals surface area (Å²) in [5.74, 6) is 0.0709. The maximum atomic E-state index is 13.2. The van der Waals surface area contributed by atoms with Crippen molar-refractivity contribution in [2.75, 3.05) is 0 Å². The summed E-state index contributed by atoms with van der Waals surface area (Å²) in [5.41, 5.74) is 13.6. The van der Waals surface area contributed by atoms with Crippen molar-refractivity contribution in [1.29, 1.82) is 0 Å². The average molecular weight is 456 g/mol. The highest BCUT2D eigenvalue weighted by molar-refractivity contribution is 6.38. The molecule has 2 N–H and O–H groups in total. The molecule has 0 bridgehead atoms. The van der Waals surface area contributed by atoms with E-state index in [1.807, 2.05) is 6.07 Å². The second kappa shape index (κ2) is 6.58. The summed E-state index contributed by atoms with van der Waals surface area (Å²) in [6.07, 6.45) is 0. The van der Waals surface area contributed by atoms with Crippen LogP contribution in [-0.2, 0) is 19.9 Å². The van der Waals surface area contributed by atoms with Crippen LogP contribution < -0.4 is 5.73 Å². The molecule has 0 fully saturated rings. The van der Waals surface area contributed by atoms with E-state index in [1.54, 1.807) is 0 Å². The summed E-state index contributed by atoms with van der Waals surface area (Å²) in [6, 6.07) is 27.4. The number of carbonyl (C=O) groups is 1. The molecular weight excluding hydrogens is 434 g/mol. The van der Waals surface area contributed by atoms with Gasteiger partial charge in [0.2, 0.25) is 0 Å². The van der Waals surface area contributed by atoms with Gasteiger partial charge in [-0.25, -0.2) is 0 Å². The van der Waals surface area contributed by atoms with Crippen LogP contribution in [0.4, 0.5) is 0 Å². The number of fused-ring (bicyclic) bond motifs is 9. The van der Waals surface area contributed by atoms with Gasteiger partial charge >= 0.3 is 0 Å². The Kier molecular flexibility index (Phi) is 3.56. The minimum Gasteiger partial charge on any atom is -0.383 e. The molecule has 0 aliphatic carbocycles. The number of nitrogens with two attached hydrogens (primary N) is 1. The van der Waals surface area contributed by atoms with Crippen LogP contribution >= 0.6 is 0 Å². The standard InChI is InChI=1S/C29H21N5O/c30-28-24-22-18-10-4-6-12-20(18)33-15-32(14-17-8-2-1-3-9-17)16-34-21-13-7-5-11-19(21)23(27(34)26(22)33)25(24)29(35)31-28/h1-13H,14-16H2,(H2,30,31,35). The third kappa shape index (κ3) is 2.36. The molecular formula is C29H21N5O. The summed E-state index contributed by atoms with van der Waals surface area (Å²) in [7, 11) is 0. The zero-order valence-corrected chi connectivity index (χ0v) is 18.9. The van der Waals surface area contributed by atoms with E-state index < -0.39 is 0 Å². The summed E-state index contributed by atoms with van der Waals surface area (Å²) in [4.78, 5) is 19.9. The third-order valence-electron chi connectivity index (χ3n) is 7.54. The number of benzene rings is 4. The molecule has 0 radical (unpaired) electrons. The smallest absolute Gasteiger partial charge is 0.280 e. The van der Waals surface area contributed by atoms with Crippen LogP contribution in [0.15, 0.2) is 83.9 Å². The predicted octanol–water partition coefficient (Wildman–Crippen LogP) is 5.19. The van der Waals surface area contributed by atoms with Crippen LogP contribution in [-0.4, -0.2) is 25.8 Å². The number of para-hydroxylation sites is 2. The Labute approximate surface area is 200 Å². The fourth-order valence-corrected chi connectivity index (χ4v) is 6.23. The van der Waals surface area contributed by atoms with Gasteiger partial charge in [0.25, 0.3) is 5.91 Å². The molecule has 0 spiro atoms. The van der Waals surface area contributed by atoms with Gasteiger partial charge in [-0.2, -0.15) is 4.99 Å². The van der Waals surface area contributed by atoms with Gasteiger partial charge in [0.05, 0.1) is 41.0 Å². The van der Waals surface area contributed by atoms with E-state index in [2.05, 4.69) is 91.8 Å². The van der Waals surface area contributed by atoms with E-state index in [0.29, 0.717) is 18.1 Å². The van der Waals surface area contributed by atoms with Crippen molar-refractivity contribution in [2.45, 2.75) is 19.9 Å². The fraction of sp³-hybridized carbons (Fsp3) is 0.103. The van der Waals surface area contributed by atoms with Gasteiger partial charge in [-0.3, -0.25) is 9.69 Å². The molecule has 6 nitrogen and oxygen atoms in total. The van der Waals surface area contributed by atoms with Gasteiger partial charge in [0.1, 0.15) is 5.84 Å². The molecule has 1 amide bonds. The van der Waals surface area contributed by atoms with Crippen LogP contribution in [0.1, 0.15) is 21.5 Å². The number of rotatable bonds is 2. The zero-order chi connectivity index (χ0) is 23.3. The molecule has 0 atom stereocenters. The summed E-state index contributed by atoms with van der Waals surface area (Å²) in [5, 5.41) is 4.16. The lowest BCUT2D eigenvalue weighted by molar-refractivity contribution is 0.101. The minimum absolute atomic E-state index is 0.246. The van der Waals surface area contributed by atoms with Crippen molar-refractivity contribution in [3.05, 3.63) is 95.6 Å². The normalized spacial score (nSPS) is 15.5. The monoisotopic (exact) mass is 455 g/mol. The van der Waals surface area contributed by atoms with Gasteiger partial charge in [-0.05, 0) is 17.7 Å². The fourth-order valence-electron chi connectivity index (χ4n) is 6.23. The Balaban J connectivity index is 1.58. The number of amidine groups is 1. The molecule has 6 heteroatoms. The second-order valence-corrected chi connectivity index (χ2v) is 9.49. The molecule has 0 saturated carbocycles. The summed E-state index contributed by atoms with van der Waals surface area (Å²) < 4.78 is 4.77. The van der Waals surface area contributed by atoms with Crippen LogP contribution in [0.3, 0.4) is 0 Å². The molecule has 4 heterocycles. The minimum atomic E-state index is -0.246. The van der Waals surface area contributed by atoms with E-state index in [9.17, 15) is 4.79 Å². The Bertz CT molecular complexity index is 1910. The number of carbonyl (C=O) groups excluding carboxylic acids is 1. The van der Waals surface area contributed by atoms with Gasteiger partial charge in [-0.15, -0.1) is 0 Å². The van der Waals surface area contributed by atoms with E-state index in [4.69, 9.17) is 5.73 Å². The molecule has 4 aromatic carbocycles. The number of aromatic nitrogens is 2. The lowest BCUT2D eigenvalue weighted by Crippen LogP contribution is -2.26. The van der Waals surface area contributed by atoms with E-state index in [1.165, 1.54) is 5.56 Å². The molecule has 0 unspecified atom stereocenters. The summed E-state index contributed by atoms with van der Waals surface area (Å²) >= 11 is 0. The van der Waals surface area contributed by atoms with Crippen molar-refractivity contribution < 1.29 is 4.79 Å². The van der Waals surface area contributed by atoms with Crippen LogP contribution in [0.25, 0.3) is 43.6 Å². The van der Waals surface area contributed by atoms with Gasteiger partial charge in [0, 0.05) is 33.7 Å². The Morgan fingerprint density at radius 2 is 1.26 bits per heavy atom. The number of hydrogen-bond acceptors (Lipinski definition) is 3. The highest BCUT2D eigenvalue weighted by atomic mass is 16.1. The van der Waals surface area contributed by atoms with E-state index in [0.717, 1.165) is 62.4 Å². The maximum Gasteiger partial charge on any atom is 0.280 e. The van der Waals surface area contributed by atoms with Crippen molar-refractivity contribution in [1.82, 2.24) is 14.0 Å². The first kappa shape index (κ1) is 18.9. The molecule has 0 saturated heterocycles. The lowest BCUT2D eigenvalue weighted by atomic mass is 9.96. The largest absolute Gasteiger partial charge is 0.383 e. The first-order chi connectivity index (χ1) is 17.2. The molecule has 2 aromatic heterocycles. The molecule has 168 valence electrons. The maximum absolute atomic E-state index is 13.2. The SMILES string of the molecule is NC1=NC(=O)c2c1c1c3ccccc3n3c1c1c2c2ccccc2n1CN(Cc1ccccc1)C3. The number of hydrogen-bond donors (Lipinski definition) is 1. The number of nitrogens with zero attached hydrogens (tertiary/aromatic N) is 4. The van der Waals surface area contributed by atoms with Gasteiger partial charge < -0.3 is 14.9 Å². The second-order valence-electron chi connectivity index (χ2n) is 9.49. The first-order valence-electron chi connectivity index (χ1n) is 11.8. The molecule has 6 aromatic rings. The van der Waals surface area contributed by atoms with Gasteiger partial charge in [0.15, 0.2) is 0 Å². The number of amides is 1. The highest BCUT2D eigenvalue weighted by Crippen LogP contribution is 2.46. The molecule has 2 aliphatic rings. The first-order valence-corrected chi connectivity index (χ1v) is 11.8. The predicted molar refractivity (Wildman–Crippen MR) is 139 cm³/mol. The number of aliphatic imine (C=N–C) groups is 1. The average Bonchev–Trinajstić information content (AvgIpc) is 3.43. The molecule has 8 rings (SSSR count). The summed E-state index contributed by atoms with van der Waals surface area (Å²) in [6.45, 7) is 2.26. The van der Waals surface area contributed by atoms with Crippen LogP contribution in [0.2, 0.25) is 0 Å². The highest BCUT2D eigenvalue weighted by Gasteiger charge is 2.35. The third-order valence-corrected chi connectivity index (χ3v) is 7.54. The Morgan fingerprint density at radius 1 is 0.714 bits per heavy atom. The van der Waals surface area contributed by atoms with E-state index >= 15 is 0 Å². The lowest BCUT2D eigenvalue weighted by Gasteiger charge is -2.23. The van der Waals surface area contributed by atoms with Gasteiger partial charge in [-0.1, -0.05) is 66.7 Å². The topological polar surface area (TPSA) is 68.5 Å². The Morgan fingerprint density at radius 3 is 1.89 bits per heavy atom. The Hall–Kier alpha value is -4.42. The quantitative estimate of drug-likeness (QED) is 0.391. The van der Waals surface area contributed by atoms with Crippen LogP contribution in [0.5, 0.6) is 0 Å². The zero-order valence-electron chi connectivity index (χ0n) is 18.9.